The van der Waals surface area contributed by atoms with Crippen molar-refractivity contribution in [2.24, 2.45) is 5.92 Å². The smallest absolute Gasteiger partial charge is 0.163 e. The van der Waals surface area contributed by atoms with E-state index in [2.05, 4.69) is 19.9 Å². The van der Waals surface area contributed by atoms with E-state index in [4.69, 9.17) is 9.47 Å². The minimum atomic E-state index is -0.224. The predicted molar refractivity (Wildman–Crippen MR) is 73.8 cm³/mol. The molecule has 19 heavy (non-hydrogen) atoms. The van der Waals surface area contributed by atoms with Gasteiger partial charge in [-0.1, -0.05) is 13.8 Å². The van der Waals surface area contributed by atoms with Crippen LogP contribution in [-0.2, 0) is 10.3 Å². The average molecular weight is 262 g/mol. The maximum absolute atomic E-state index is 10.6. The van der Waals surface area contributed by atoms with Crippen molar-refractivity contribution < 1.29 is 14.6 Å². The average Bonchev–Trinajstić information content (AvgIpc) is 2.39. The molecular weight excluding hydrogens is 240 g/mol. The summed E-state index contributed by atoms with van der Waals surface area (Å²) in [5, 5.41) is 10.6. The Hall–Kier alpha value is -1.22. The van der Waals surface area contributed by atoms with Crippen LogP contribution in [0.25, 0.3) is 0 Å². The van der Waals surface area contributed by atoms with E-state index in [0.717, 1.165) is 24.0 Å². The van der Waals surface area contributed by atoms with Gasteiger partial charge in [0.05, 0.1) is 19.3 Å². The topological polar surface area (TPSA) is 38.7 Å². The van der Waals surface area contributed by atoms with Crippen molar-refractivity contribution in [3.05, 3.63) is 22.8 Å². The quantitative estimate of drug-likeness (QED) is 0.887. The molecule has 104 valence electrons. The first-order chi connectivity index (χ1) is 9.01. The largest absolute Gasteiger partial charge is 0.504 e. The molecule has 0 saturated carbocycles. The molecule has 1 aromatic rings. The molecule has 2 unspecified atom stereocenters. The van der Waals surface area contributed by atoms with E-state index >= 15 is 0 Å². The van der Waals surface area contributed by atoms with Crippen LogP contribution in [0.15, 0.2) is 6.07 Å². The molecule has 2 aliphatic heterocycles. The summed E-state index contributed by atoms with van der Waals surface area (Å²) in [7, 11) is 1.62. The van der Waals surface area contributed by atoms with Gasteiger partial charge in [-0.3, -0.25) is 0 Å². The predicted octanol–water partition coefficient (Wildman–Crippen LogP) is 3.47. The Morgan fingerprint density at radius 1 is 1.47 bits per heavy atom. The molecule has 2 atom stereocenters. The van der Waals surface area contributed by atoms with Crippen molar-refractivity contribution in [2.45, 2.75) is 45.1 Å². The molecule has 4 rings (SSSR count). The summed E-state index contributed by atoms with van der Waals surface area (Å²) in [6.45, 7) is 7.10. The normalized spacial score (nSPS) is 28.6. The third-order valence-corrected chi connectivity index (χ3v) is 4.89. The van der Waals surface area contributed by atoms with Gasteiger partial charge in [-0.05, 0) is 42.9 Å². The first-order valence-corrected chi connectivity index (χ1v) is 7.06. The SMILES string of the molecule is COc1c(C)cc2c(c1O)C1CCC2(C(C)C)OC1. The minimum Gasteiger partial charge on any atom is -0.504 e. The van der Waals surface area contributed by atoms with Crippen LogP contribution in [0.4, 0.5) is 0 Å². The van der Waals surface area contributed by atoms with Crippen molar-refractivity contribution >= 4 is 0 Å². The lowest BCUT2D eigenvalue weighted by molar-refractivity contribution is -0.137. The molecule has 1 N–H and O–H groups in total. The van der Waals surface area contributed by atoms with Gasteiger partial charge in [0.15, 0.2) is 11.5 Å². The Balaban J connectivity index is 2.28. The number of benzene rings is 1. The van der Waals surface area contributed by atoms with Crippen LogP contribution >= 0.6 is 0 Å². The molecule has 3 aliphatic rings. The Kier molecular flexibility index (Phi) is 2.79. The van der Waals surface area contributed by atoms with Gasteiger partial charge in [-0.25, -0.2) is 0 Å². The highest BCUT2D eigenvalue weighted by atomic mass is 16.5. The summed E-state index contributed by atoms with van der Waals surface area (Å²) in [6, 6.07) is 2.15. The van der Waals surface area contributed by atoms with Crippen molar-refractivity contribution in [3.8, 4) is 11.5 Å². The van der Waals surface area contributed by atoms with Crippen molar-refractivity contribution in [1.82, 2.24) is 0 Å². The third kappa shape index (κ3) is 1.54. The highest BCUT2D eigenvalue weighted by molar-refractivity contribution is 5.59. The molecule has 1 aromatic carbocycles. The number of aryl methyl sites for hydroxylation is 1. The van der Waals surface area contributed by atoms with Gasteiger partial charge < -0.3 is 14.6 Å². The van der Waals surface area contributed by atoms with Crippen molar-refractivity contribution in [2.75, 3.05) is 13.7 Å². The highest BCUT2D eigenvalue weighted by Crippen LogP contribution is 2.57. The van der Waals surface area contributed by atoms with Gasteiger partial charge in [0.2, 0.25) is 0 Å². The molecule has 0 amide bonds. The second-order valence-corrected chi connectivity index (χ2v) is 6.13. The zero-order valence-corrected chi connectivity index (χ0v) is 12.1. The Bertz CT molecular complexity index is 511. The lowest BCUT2D eigenvalue weighted by Crippen LogP contribution is -2.46. The molecule has 1 fully saturated rings. The van der Waals surface area contributed by atoms with Gasteiger partial charge in [0.1, 0.15) is 0 Å². The summed E-state index contributed by atoms with van der Waals surface area (Å²) in [5.74, 6) is 1.66. The fraction of sp³-hybridized carbons (Fsp3) is 0.625. The maximum Gasteiger partial charge on any atom is 0.163 e. The molecule has 1 aliphatic carbocycles. The number of ether oxygens (including phenoxy) is 2. The van der Waals surface area contributed by atoms with Gasteiger partial charge in [0, 0.05) is 11.5 Å². The van der Waals surface area contributed by atoms with Crippen LogP contribution in [-0.4, -0.2) is 18.8 Å². The molecule has 1 saturated heterocycles. The summed E-state index contributed by atoms with van der Waals surface area (Å²) in [5.41, 5.74) is 3.00. The van der Waals surface area contributed by atoms with Crippen LogP contribution in [0.5, 0.6) is 11.5 Å². The standard InChI is InChI=1S/C16H22O3/c1-9(2)16-6-5-11(8-19-16)13-12(16)7-10(3)15(18-4)14(13)17/h7,9,11,17H,5-6,8H2,1-4H3. The lowest BCUT2D eigenvalue weighted by Gasteiger charge is -2.50. The van der Waals surface area contributed by atoms with E-state index in [1.54, 1.807) is 7.11 Å². The zero-order chi connectivity index (χ0) is 13.8. The number of aromatic hydroxyl groups is 1. The van der Waals surface area contributed by atoms with E-state index in [1.165, 1.54) is 5.56 Å². The second-order valence-electron chi connectivity index (χ2n) is 6.13. The third-order valence-electron chi connectivity index (χ3n) is 4.89. The minimum absolute atomic E-state index is 0.224. The fourth-order valence-corrected chi connectivity index (χ4v) is 3.82. The molecule has 0 spiro atoms. The highest BCUT2D eigenvalue weighted by Gasteiger charge is 2.49. The van der Waals surface area contributed by atoms with Gasteiger partial charge >= 0.3 is 0 Å². The fourth-order valence-electron chi connectivity index (χ4n) is 3.82. The van der Waals surface area contributed by atoms with Gasteiger partial charge in [0.25, 0.3) is 0 Å². The maximum atomic E-state index is 10.6. The Morgan fingerprint density at radius 3 is 2.74 bits per heavy atom. The van der Waals surface area contributed by atoms with Crippen LogP contribution in [0.3, 0.4) is 0 Å². The molecule has 2 heterocycles. The van der Waals surface area contributed by atoms with Crippen LogP contribution in [0, 0.1) is 12.8 Å². The Morgan fingerprint density at radius 2 is 2.21 bits per heavy atom. The van der Waals surface area contributed by atoms with Crippen LogP contribution in [0.2, 0.25) is 0 Å². The molecule has 0 radical (unpaired) electrons. The molecule has 3 heteroatoms. The number of fused-ring (bicyclic) bond motifs is 2. The summed E-state index contributed by atoms with van der Waals surface area (Å²) in [4.78, 5) is 0. The lowest BCUT2D eigenvalue weighted by atomic mass is 9.66. The molecular formula is C16H22O3. The molecule has 2 bridgehead atoms. The Labute approximate surface area is 114 Å². The van der Waals surface area contributed by atoms with Crippen LogP contribution < -0.4 is 4.74 Å². The van der Waals surface area contributed by atoms with E-state index in [0.29, 0.717) is 29.9 Å². The monoisotopic (exact) mass is 262 g/mol. The summed E-state index contributed by atoms with van der Waals surface area (Å²) >= 11 is 0. The number of rotatable bonds is 2. The zero-order valence-electron chi connectivity index (χ0n) is 12.1. The molecule has 0 aromatic heterocycles. The van der Waals surface area contributed by atoms with Gasteiger partial charge in [-0.2, -0.15) is 0 Å². The van der Waals surface area contributed by atoms with E-state index in [9.17, 15) is 5.11 Å². The summed E-state index contributed by atoms with van der Waals surface area (Å²) < 4.78 is 11.5. The van der Waals surface area contributed by atoms with Crippen LogP contribution in [0.1, 0.15) is 49.3 Å². The molecule has 3 nitrogen and oxygen atoms in total. The second kappa shape index (κ2) is 4.14. The van der Waals surface area contributed by atoms with E-state index in [1.807, 2.05) is 6.92 Å². The number of phenols is 1. The van der Waals surface area contributed by atoms with Gasteiger partial charge in [-0.15, -0.1) is 0 Å². The number of hydrogen-bond acceptors (Lipinski definition) is 3. The first-order valence-electron chi connectivity index (χ1n) is 7.06. The van der Waals surface area contributed by atoms with E-state index in [-0.39, 0.29) is 5.60 Å². The van der Waals surface area contributed by atoms with Crippen molar-refractivity contribution in [1.29, 1.82) is 0 Å². The number of methoxy groups -OCH3 is 1. The number of phenolic OH excluding ortho intramolecular Hbond substituents is 1. The summed E-state index contributed by atoms with van der Waals surface area (Å²) in [6.07, 6.45) is 2.14. The number of hydrogen-bond donors (Lipinski definition) is 1. The van der Waals surface area contributed by atoms with E-state index < -0.39 is 0 Å². The van der Waals surface area contributed by atoms with Crippen molar-refractivity contribution in [3.63, 3.8) is 0 Å². The first kappa shape index (κ1) is 12.8.